The Morgan fingerprint density at radius 2 is 1.68 bits per heavy atom. The molecule has 0 spiro atoms. The minimum Gasteiger partial charge on any atom is -0.456 e. The van der Waals surface area contributed by atoms with Gasteiger partial charge < -0.3 is 14.6 Å². The van der Waals surface area contributed by atoms with Crippen LogP contribution in [-0.4, -0.2) is 26.0 Å². The van der Waals surface area contributed by atoms with Gasteiger partial charge in [-0.05, 0) is 61.4 Å². The van der Waals surface area contributed by atoms with Crippen LogP contribution in [0, 0.1) is 0 Å². The lowest BCUT2D eigenvalue weighted by Crippen LogP contribution is -2.34. The second kappa shape index (κ2) is 7.39. The standard InChI is InChI=1S/C24H24N2O2/c1-16(25-24(27)18-9-11-19(12-10-18)26(2)3)14-17-8-13-23-21(15-17)20-6-4-5-7-22(20)28-23/h4-13,15-16H,14H2,1-3H3,(H,25,27)/t16-/m0/s1. The van der Waals surface area contributed by atoms with E-state index in [-0.39, 0.29) is 11.9 Å². The van der Waals surface area contributed by atoms with Crippen molar-refractivity contribution in [2.24, 2.45) is 0 Å². The number of furan rings is 1. The summed E-state index contributed by atoms with van der Waals surface area (Å²) in [5.41, 5.74) is 4.72. The number of hydrogen-bond donors (Lipinski definition) is 1. The molecule has 3 aromatic carbocycles. The van der Waals surface area contributed by atoms with E-state index in [4.69, 9.17) is 4.42 Å². The average molecular weight is 372 g/mol. The molecule has 1 atom stereocenters. The van der Waals surface area contributed by atoms with Gasteiger partial charge >= 0.3 is 0 Å². The van der Waals surface area contributed by atoms with Crippen molar-refractivity contribution in [2.75, 3.05) is 19.0 Å². The smallest absolute Gasteiger partial charge is 0.251 e. The molecule has 0 aliphatic rings. The van der Waals surface area contributed by atoms with Crippen LogP contribution in [0.25, 0.3) is 21.9 Å². The Morgan fingerprint density at radius 1 is 0.964 bits per heavy atom. The molecule has 4 aromatic rings. The Labute approximate surface area is 164 Å². The number of benzene rings is 3. The summed E-state index contributed by atoms with van der Waals surface area (Å²) in [5.74, 6) is -0.0485. The predicted octanol–water partition coefficient (Wildman–Crippen LogP) is 5.01. The summed E-state index contributed by atoms with van der Waals surface area (Å²) in [6, 6.07) is 22.0. The van der Waals surface area contributed by atoms with E-state index in [9.17, 15) is 4.79 Å². The summed E-state index contributed by atoms with van der Waals surface area (Å²) >= 11 is 0. The second-order valence-corrected chi connectivity index (χ2v) is 7.45. The molecule has 1 amide bonds. The maximum atomic E-state index is 12.5. The van der Waals surface area contributed by atoms with Crippen LogP contribution in [0.5, 0.6) is 0 Å². The van der Waals surface area contributed by atoms with Crippen molar-refractivity contribution in [1.82, 2.24) is 5.32 Å². The maximum absolute atomic E-state index is 12.5. The number of anilines is 1. The Morgan fingerprint density at radius 3 is 2.43 bits per heavy atom. The quantitative estimate of drug-likeness (QED) is 0.535. The molecular formula is C24H24N2O2. The van der Waals surface area contributed by atoms with E-state index in [0.29, 0.717) is 5.56 Å². The van der Waals surface area contributed by atoms with Crippen molar-refractivity contribution >= 4 is 33.5 Å². The van der Waals surface area contributed by atoms with Crippen molar-refractivity contribution in [3.63, 3.8) is 0 Å². The first-order valence-electron chi connectivity index (χ1n) is 9.49. The molecule has 4 rings (SSSR count). The summed E-state index contributed by atoms with van der Waals surface area (Å²) < 4.78 is 5.89. The van der Waals surface area contributed by atoms with Crippen molar-refractivity contribution in [3.8, 4) is 0 Å². The highest BCUT2D eigenvalue weighted by Crippen LogP contribution is 2.29. The Kier molecular flexibility index (Phi) is 4.78. The van der Waals surface area contributed by atoms with Gasteiger partial charge in [0.2, 0.25) is 0 Å². The molecule has 0 saturated carbocycles. The molecule has 0 radical (unpaired) electrons. The number of para-hydroxylation sites is 1. The number of carbonyl (C=O) groups is 1. The number of hydrogen-bond acceptors (Lipinski definition) is 3. The first kappa shape index (κ1) is 18.1. The van der Waals surface area contributed by atoms with Gasteiger partial charge in [0.15, 0.2) is 0 Å². The lowest BCUT2D eigenvalue weighted by atomic mass is 10.0. The Balaban J connectivity index is 1.47. The van der Waals surface area contributed by atoms with Gasteiger partial charge in [-0.3, -0.25) is 4.79 Å². The first-order valence-corrected chi connectivity index (χ1v) is 9.49. The fourth-order valence-electron chi connectivity index (χ4n) is 3.52. The van der Waals surface area contributed by atoms with Gasteiger partial charge in [-0.1, -0.05) is 24.3 Å². The molecule has 0 unspecified atom stereocenters. The van der Waals surface area contributed by atoms with Crippen LogP contribution in [0.2, 0.25) is 0 Å². The van der Waals surface area contributed by atoms with Crippen molar-refractivity contribution in [1.29, 1.82) is 0 Å². The third-order valence-electron chi connectivity index (χ3n) is 5.01. The number of carbonyl (C=O) groups excluding carboxylic acids is 1. The fraction of sp³-hybridized carbons (Fsp3) is 0.208. The SMILES string of the molecule is C[C@@H](Cc1ccc2oc3ccccc3c2c1)NC(=O)c1ccc(N(C)C)cc1. The van der Waals surface area contributed by atoms with Gasteiger partial charge in [-0.25, -0.2) is 0 Å². The molecule has 0 fully saturated rings. The summed E-state index contributed by atoms with van der Waals surface area (Å²) in [7, 11) is 3.97. The highest BCUT2D eigenvalue weighted by atomic mass is 16.3. The topological polar surface area (TPSA) is 45.5 Å². The van der Waals surface area contributed by atoms with Gasteiger partial charge in [0, 0.05) is 42.2 Å². The number of nitrogens with zero attached hydrogens (tertiary/aromatic N) is 1. The van der Waals surface area contributed by atoms with Crippen LogP contribution >= 0.6 is 0 Å². The van der Waals surface area contributed by atoms with Gasteiger partial charge in [0.25, 0.3) is 5.91 Å². The van der Waals surface area contributed by atoms with Crippen LogP contribution in [0.4, 0.5) is 5.69 Å². The maximum Gasteiger partial charge on any atom is 0.251 e. The van der Waals surface area contributed by atoms with Gasteiger partial charge in [0.1, 0.15) is 11.2 Å². The summed E-state index contributed by atoms with van der Waals surface area (Å²) in [5, 5.41) is 5.34. The predicted molar refractivity (Wildman–Crippen MR) is 115 cm³/mol. The zero-order valence-corrected chi connectivity index (χ0v) is 16.4. The van der Waals surface area contributed by atoms with E-state index in [2.05, 4.69) is 23.5 Å². The molecule has 1 heterocycles. The van der Waals surface area contributed by atoms with Crippen molar-refractivity contribution < 1.29 is 9.21 Å². The van der Waals surface area contributed by atoms with Gasteiger partial charge in [-0.15, -0.1) is 0 Å². The molecule has 28 heavy (non-hydrogen) atoms. The average Bonchev–Trinajstić information content (AvgIpc) is 3.06. The molecule has 4 nitrogen and oxygen atoms in total. The summed E-state index contributed by atoms with van der Waals surface area (Å²) in [4.78, 5) is 14.5. The third kappa shape index (κ3) is 3.58. The normalized spacial score (nSPS) is 12.2. The molecule has 0 saturated heterocycles. The summed E-state index contributed by atoms with van der Waals surface area (Å²) in [6.45, 7) is 2.03. The molecule has 4 heteroatoms. The number of amides is 1. The minimum absolute atomic E-state index is 0.0247. The fourth-order valence-corrected chi connectivity index (χ4v) is 3.52. The lowest BCUT2D eigenvalue weighted by Gasteiger charge is -2.15. The number of fused-ring (bicyclic) bond motifs is 3. The molecule has 142 valence electrons. The Bertz CT molecular complexity index is 1130. The summed E-state index contributed by atoms with van der Waals surface area (Å²) in [6.07, 6.45) is 0.761. The molecule has 1 aromatic heterocycles. The van der Waals surface area contributed by atoms with E-state index in [1.54, 1.807) is 0 Å². The second-order valence-electron chi connectivity index (χ2n) is 7.45. The number of nitrogens with one attached hydrogen (secondary N) is 1. The highest BCUT2D eigenvalue weighted by Gasteiger charge is 2.12. The van der Waals surface area contributed by atoms with Crippen LogP contribution in [-0.2, 0) is 6.42 Å². The number of rotatable bonds is 5. The monoisotopic (exact) mass is 372 g/mol. The van der Waals surface area contributed by atoms with Crippen LogP contribution in [0.3, 0.4) is 0 Å². The molecule has 0 aliphatic carbocycles. The van der Waals surface area contributed by atoms with E-state index >= 15 is 0 Å². The highest BCUT2D eigenvalue weighted by molar-refractivity contribution is 6.05. The van der Waals surface area contributed by atoms with Crippen LogP contribution in [0.1, 0.15) is 22.8 Å². The van der Waals surface area contributed by atoms with Crippen LogP contribution in [0.15, 0.2) is 71.1 Å². The zero-order chi connectivity index (χ0) is 19.7. The van der Waals surface area contributed by atoms with E-state index < -0.39 is 0 Å². The molecule has 1 N–H and O–H groups in total. The van der Waals surface area contributed by atoms with Crippen molar-refractivity contribution in [3.05, 3.63) is 77.9 Å². The van der Waals surface area contributed by atoms with Gasteiger partial charge in [0.05, 0.1) is 0 Å². The van der Waals surface area contributed by atoms with Gasteiger partial charge in [-0.2, -0.15) is 0 Å². The van der Waals surface area contributed by atoms with E-state index in [0.717, 1.165) is 34.0 Å². The van der Waals surface area contributed by atoms with E-state index in [1.807, 2.05) is 74.4 Å². The first-order chi connectivity index (χ1) is 13.5. The lowest BCUT2D eigenvalue weighted by molar-refractivity contribution is 0.0940. The molecular weight excluding hydrogens is 348 g/mol. The van der Waals surface area contributed by atoms with Crippen LogP contribution < -0.4 is 10.2 Å². The third-order valence-corrected chi connectivity index (χ3v) is 5.01. The molecule has 0 bridgehead atoms. The van der Waals surface area contributed by atoms with Crippen molar-refractivity contribution in [2.45, 2.75) is 19.4 Å². The zero-order valence-electron chi connectivity index (χ0n) is 16.4. The largest absolute Gasteiger partial charge is 0.456 e. The Hall–Kier alpha value is -3.27. The minimum atomic E-state index is -0.0485. The molecule has 0 aliphatic heterocycles. The van der Waals surface area contributed by atoms with E-state index in [1.165, 1.54) is 5.56 Å².